The van der Waals surface area contributed by atoms with Crippen LogP contribution in [0.3, 0.4) is 0 Å². The second kappa shape index (κ2) is 6.46. The van der Waals surface area contributed by atoms with Gasteiger partial charge in [0.2, 0.25) is 5.91 Å². The van der Waals surface area contributed by atoms with Crippen molar-refractivity contribution in [3.8, 4) is 0 Å². The summed E-state index contributed by atoms with van der Waals surface area (Å²) >= 11 is 0. The molecule has 2 saturated heterocycles. The largest absolute Gasteiger partial charge is 0.362 e. The molecule has 6 aliphatic rings. The fourth-order valence-corrected chi connectivity index (χ4v) is 7.24. The Labute approximate surface area is 178 Å². The molecule has 0 unspecified atom stereocenters. The molecule has 1 spiro atoms. The van der Waals surface area contributed by atoms with Crippen molar-refractivity contribution in [2.75, 3.05) is 31.5 Å². The van der Waals surface area contributed by atoms with Gasteiger partial charge in [-0.05, 0) is 62.6 Å². The summed E-state index contributed by atoms with van der Waals surface area (Å²) in [4.78, 5) is 31.3. The number of amides is 2. The molecule has 6 nitrogen and oxygen atoms in total. The van der Waals surface area contributed by atoms with Crippen molar-refractivity contribution in [1.82, 2.24) is 15.1 Å². The van der Waals surface area contributed by atoms with Gasteiger partial charge in [-0.1, -0.05) is 19.1 Å². The molecule has 1 aromatic rings. The maximum atomic E-state index is 13.7. The number of hydrogen-bond acceptors (Lipinski definition) is 4. The van der Waals surface area contributed by atoms with Gasteiger partial charge in [-0.3, -0.25) is 14.5 Å². The molecule has 0 radical (unpaired) electrons. The number of carbonyl (C=O) groups excluding carboxylic acids is 2. The van der Waals surface area contributed by atoms with Crippen LogP contribution >= 0.6 is 0 Å². The highest BCUT2D eigenvalue weighted by atomic mass is 16.2. The lowest BCUT2D eigenvalue weighted by Gasteiger charge is -2.61. The molecule has 2 amide bonds. The van der Waals surface area contributed by atoms with Crippen LogP contribution < -0.4 is 10.6 Å². The first-order valence-corrected chi connectivity index (χ1v) is 11.7. The number of para-hydroxylation sites is 1. The Balaban J connectivity index is 1.24. The molecule has 5 atom stereocenters. The van der Waals surface area contributed by atoms with Crippen molar-refractivity contribution in [2.45, 2.75) is 57.2 Å². The second-order valence-corrected chi connectivity index (χ2v) is 10.6. The van der Waals surface area contributed by atoms with Crippen LogP contribution in [0.5, 0.6) is 0 Å². The number of rotatable bonds is 1. The summed E-state index contributed by atoms with van der Waals surface area (Å²) in [5.74, 6) is 0.746. The zero-order valence-electron chi connectivity index (χ0n) is 17.8. The highest BCUT2D eigenvalue weighted by Crippen LogP contribution is 2.58. The zero-order chi connectivity index (χ0) is 20.5. The maximum Gasteiger partial charge on any atom is 0.255 e. The van der Waals surface area contributed by atoms with E-state index in [1.165, 1.54) is 19.4 Å². The van der Waals surface area contributed by atoms with Gasteiger partial charge in [0, 0.05) is 43.2 Å². The Kier molecular flexibility index (Phi) is 4.02. The van der Waals surface area contributed by atoms with E-state index in [9.17, 15) is 9.59 Å². The Bertz CT molecular complexity index is 903. The molecule has 3 aliphatic heterocycles. The van der Waals surface area contributed by atoms with Gasteiger partial charge in [-0.25, -0.2) is 0 Å². The van der Waals surface area contributed by atoms with E-state index in [2.05, 4.69) is 27.4 Å². The first-order valence-electron chi connectivity index (χ1n) is 11.7. The molecule has 3 aliphatic carbocycles. The Hall–Kier alpha value is -2.08. The van der Waals surface area contributed by atoms with Gasteiger partial charge in [-0.2, -0.15) is 0 Å². The predicted molar refractivity (Wildman–Crippen MR) is 115 cm³/mol. The van der Waals surface area contributed by atoms with E-state index < -0.39 is 5.66 Å². The fraction of sp³-hybridized carbons (Fsp3) is 0.667. The minimum atomic E-state index is -0.417. The van der Waals surface area contributed by atoms with Gasteiger partial charge in [0.15, 0.2) is 0 Å². The van der Waals surface area contributed by atoms with E-state index in [4.69, 9.17) is 0 Å². The van der Waals surface area contributed by atoms with Crippen LogP contribution in [0.1, 0.15) is 55.8 Å². The third kappa shape index (κ3) is 2.65. The molecule has 160 valence electrons. The molecular weight excluding hydrogens is 376 g/mol. The summed E-state index contributed by atoms with van der Waals surface area (Å²) in [6.07, 6.45) is 6.32. The molecule has 0 aromatic heterocycles. The van der Waals surface area contributed by atoms with E-state index >= 15 is 0 Å². The molecule has 6 heteroatoms. The van der Waals surface area contributed by atoms with E-state index in [-0.39, 0.29) is 17.2 Å². The van der Waals surface area contributed by atoms with Crippen LogP contribution in [0.25, 0.3) is 0 Å². The van der Waals surface area contributed by atoms with Crippen molar-refractivity contribution in [3.63, 3.8) is 0 Å². The van der Waals surface area contributed by atoms with Crippen LogP contribution in [0.15, 0.2) is 24.3 Å². The number of anilines is 1. The van der Waals surface area contributed by atoms with Gasteiger partial charge in [-0.15, -0.1) is 0 Å². The van der Waals surface area contributed by atoms with E-state index in [0.29, 0.717) is 17.9 Å². The van der Waals surface area contributed by atoms with Gasteiger partial charge >= 0.3 is 0 Å². The Morgan fingerprint density at radius 1 is 1.13 bits per heavy atom. The molecule has 7 rings (SSSR count). The Morgan fingerprint density at radius 3 is 2.87 bits per heavy atom. The lowest BCUT2D eigenvalue weighted by molar-refractivity contribution is -0.153. The summed E-state index contributed by atoms with van der Waals surface area (Å²) in [6, 6.07) is 8.34. The molecular formula is C24H32N4O2. The molecule has 2 N–H and O–H groups in total. The molecule has 5 fully saturated rings. The second-order valence-electron chi connectivity index (χ2n) is 10.6. The Morgan fingerprint density at radius 2 is 2.00 bits per heavy atom. The van der Waals surface area contributed by atoms with E-state index in [1.54, 1.807) is 0 Å². The number of piperazine rings is 1. The van der Waals surface area contributed by atoms with Gasteiger partial charge in [0.1, 0.15) is 5.66 Å². The summed E-state index contributed by atoms with van der Waals surface area (Å²) in [7, 11) is 0. The molecule has 30 heavy (non-hydrogen) atoms. The molecule has 3 heterocycles. The standard InChI is InChI=1S/C24H32N4O2/c1-23-9-8-16(24(15-23)25-20-7-3-2-6-18(20)21(29)26-24)13-19(23)22(30)28-12-11-27-10-4-5-17(27)14-28/h2-3,6-7,16-17,19,25H,4-5,8-15H2,1H3,(H,26,29)/t16-,17-,19-,23+,24+/m1/s1. The molecule has 3 saturated carbocycles. The highest BCUT2D eigenvalue weighted by molar-refractivity contribution is 6.02. The van der Waals surface area contributed by atoms with Crippen molar-refractivity contribution < 1.29 is 9.59 Å². The lowest BCUT2D eigenvalue weighted by atomic mass is 9.51. The summed E-state index contributed by atoms with van der Waals surface area (Å²) < 4.78 is 0. The predicted octanol–water partition coefficient (Wildman–Crippen LogP) is 2.67. The average Bonchev–Trinajstić information content (AvgIpc) is 3.21. The van der Waals surface area contributed by atoms with E-state index in [1.807, 2.05) is 24.3 Å². The number of carbonyl (C=O) groups is 2. The van der Waals surface area contributed by atoms with Crippen molar-refractivity contribution in [3.05, 3.63) is 29.8 Å². The third-order valence-corrected chi connectivity index (χ3v) is 8.87. The first kappa shape index (κ1) is 18.7. The zero-order valence-corrected chi connectivity index (χ0v) is 17.8. The van der Waals surface area contributed by atoms with Crippen LogP contribution in [-0.4, -0.2) is 59.5 Å². The number of hydrogen-bond donors (Lipinski definition) is 2. The topological polar surface area (TPSA) is 64.7 Å². The average molecular weight is 409 g/mol. The SMILES string of the molecule is C[C@@]12CC[C@H](C[C@@H]1C(=O)N1CCN3CCC[C@@H]3C1)[C@]1(C2)NC(=O)c2ccccc2N1. The quantitative estimate of drug-likeness (QED) is 0.750. The van der Waals surface area contributed by atoms with Crippen molar-refractivity contribution in [2.24, 2.45) is 17.3 Å². The minimum absolute atomic E-state index is 0.0146. The van der Waals surface area contributed by atoms with E-state index in [0.717, 1.165) is 56.6 Å². The summed E-state index contributed by atoms with van der Waals surface area (Å²) in [5.41, 5.74) is 1.15. The highest BCUT2D eigenvalue weighted by Gasteiger charge is 2.60. The van der Waals surface area contributed by atoms with Crippen molar-refractivity contribution in [1.29, 1.82) is 0 Å². The summed E-state index contributed by atoms with van der Waals surface area (Å²) in [5, 5.41) is 7.04. The first-order chi connectivity index (χ1) is 14.5. The lowest BCUT2D eigenvalue weighted by Crippen LogP contribution is -2.70. The van der Waals surface area contributed by atoms with Gasteiger partial charge in [0.05, 0.1) is 5.56 Å². The smallest absolute Gasteiger partial charge is 0.255 e. The monoisotopic (exact) mass is 408 g/mol. The molecule has 1 aromatic carbocycles. The maximum absolute atomic E-state index is 13.7. The number of benzene rings is 1. The van der Waals surface area contributed by atoms with Crippen LogP contribution in [-0.2, 0) is 4.79 Å². The number of fused-ring (bicyclic) bond motifs is 4. The number of nitrogens with zero attached hydrogens (tertiary/aromatic N) is 2. The minimum Gasteiger partial charge on any atom is -0.362 e. The van der Waals surface area contributed by atoms with Crippen LogP contribution in [0.4, 0.5) is 5.69 Å². The normalized spacial score (nSPS) is 40.0. The third-order valence-electron chi connectivity index (χ3n) is 8.87. The van der Waals surface area contributed by atoms with Gasteiger partial charge in [0.25, 0.3) is 5.91 Å². The van der Waals surface area contributed by atoms with Crippen LogP contribution in [0.2, 0.25) is 0 Å². The van der Waals surface area contributed by atoms with Crippen LogP contribution in [0, 0.1) is 17.3 Å². The summed E-state index contributed by atoms with van der Waals surface area (Å²) in [6.45, 7) is 6.30. The van der Waals surface area contributed by atoms with Gasteiger partial charge < -0.3 is 15.5 Å². The van der Waals surface area contributed by atoms with Crippen molar-refractivity contribution >= 4 is 17.5 Å². The fourth-order valence-electron chi connectivity index (χ4n) is 7.24. The number of nitrogens with one attached hydrogen (secondary N) is 2. The molecule has 2 bridgehead atoms.